The Morgan fingerprint density at radius 3 is 2.81 bits per heavy atom. The van der Waals surface area contributed by atoms with Crippen LogP contribution in [0.4, 0.5) is 11.4 Å². The first kappa shape index (κ1) is 18.6. The third-order valence-electron chi connectivity index (χ3n) is 4.74. The Morgan fingerprint density at radius 2 is 2.12 bits per heavy atom. The van der Waals surface area contributed by atoms with Crippen LogP contribution in [0.3, 0.4) is 0 Å². The number of anilines is 2. The van der Waals surface area contributed by atoms with E-state index in [4.69, 9.17) is 4.74 Å². The van der Waals surface area contributed by atoms with Crippen LogP contribution in [0.2, 0.25) is 0 Å². The molecule has 1 N–H and O–H groups in total. The number of amides is 1. The molecule has 1 aliphatic rings. The Morgan fingerprint density at radius 1 is 1.35 bits per heavy atom. The van der Waals surface area contributed by atoms with Gasteiger partial charge in [0.25, 0.3) is 0 Å². The van der Waals surface area contributed by atoms with Crippen LogP contribution in [-0.4, -0.2) is 36.7 Å². The van der Waals surface area contributed by atoms with Crippen molar-refractivity contribution in [2.45, 2.75) is 47.1 Å². The molecule has 1 unspecified atom stereocenters. The standard InChI is InChI=1S/C21H29N3O2/c1-6-26-16-9-10-24(13-16)19-11-14(2)22-18-12-15(7-8-17(18)19)23-20(25)21(3,4)5/h7-8,11-12,16H,6,9-10,13H2,1-5H3,(H,23,25). The second-order valence-electron chi connectivity index (χ2n) is 8.03. The number of aryl methyl sites for hydroxylation is 1. The van der Waals surface area contributed by atoms with Gasteiger partial charge in [-0.3, -0.25) is 9.78 Å². The fourth-order valence-electron chi connectivity index (χ4n) is 3.32. The molecular formula is C21H29N3O2. The predicted octanol–water partition coefficient (Wildman–Crippen LogP) is 4.14. The van der Waals surface area contributed by atoms with Gasteiger partial charge in [-0.25, -0.2) is 0 Å². The van der Waals surface area contributed by atoms with E-state index >= 15 is 0 Å². The van der Waals surface area contributed by atoms with Gasteiger partial charge in [0, 0.05) is 47.6 Å². The number of carbonyl (C=O) groups is 1. The molecular weight excluding hydrogens is 326 g/mol. The molecule has 0 aliphatic carbocycles. The predicted molar refractivity (Wildman–Crippen MR) is 107 cm³/mol. The molecule has 1 aromatic carbocycles. The minimum atomic E-state index is -0.427. The highest BCUT2D eigenvalue weighted by atomic mass is 16.5. The van der Waals surface area contributed by atoms with Gasteiger partial charge in [-0.05, 0) is 44.5 Å². The number of nitrogens with zero attached hydrogens (tertiary/aromatic N) is 2. The molecule has 1 amide bonds. The van der Waals surface area contributed by atoms with E-state index in [0.717, 1.165) is 48.4 Å². The number of nitrogens with one attached hydrogen (secondary N) is 1. The van der Waals surface area contributed by atoms with E-state index in [1.165, 1.54) is 5.69 Å². The van der Waals surface area contributed by atoms with Crippen molar-refractivity contribution in [1.29, 1.82) is 0 Å². The van der Waals surface area contributed by atoms with Gasteiger partial charge >= 0.3 is 0 Å². The number of hydrogen-bond acceptors (Lipinski definition) is 4. The molecule has 5 heteroatoms. The number of fused-ring (bicyclic) bond motifs is 1. The Balaban J connectivity index is 1.91. The smallest absolute Gasteiger partial charge is 0.229 e. The number of hydrogen-bond donors (Lipinski definition) is 1. The summed E-state index contributed by atoms with van der Waals surface area (Å²) in [6.45, 7) is 12.4. The number of ether oxygens (including phenoxy) is 1. The highest BCUT2D eigenvalue weighted by Crippen LogP contribution is 2.32. The molecule has 3 rings (SSSR count). The van der Waals surface area contributed by atoms with Gasteiger partial charge in [0.15, 0.2) is 0 Å². The lowest BCUT2D eigenvalue weighted by molar-refractivity contribution is -0.123. The van der Waals surface area contributed by atoms with E-state index in [-0.39, 0.29) is 5.91 Å². The first-order chi connectivity index (χ1) is 12.3. The maximum Gasteiger partial charge on any atom is 0.229 e. The molecule has 1 saturated heterocycles. The SMILES string of the molecule is CCOC1CCN(c2cc(C)nc3cc(NC(=O)C(C)(C)C)ccc23)C1. The monoisotopic (exact) mass is 355 g/mol. The van der Waals surface area contributed by atoms with Gasteiger partial charge in [-0.1, -0.05) is 20.8 Å². The molecule has 1 aliphatic heterocycles. The van der Waals surface area contributed by atoms with Crippen molar-refractivity contribution in [2.24, 2.45) is 5.41 Å². The fourth-order valence-corrected chi connectivity index (χ4v) is 3.32. The van der Waals surface area contributed by atoms with E-state index in [1.54, 1.807) is 0 Å². The summed E-state index contributed by atoms with van der Waals surface area (Å²) in [5, 5.41) is 4.11. The lowest BCUT2D eigenvalue weighted by atomic mass is 9.95. The Hall–Kier alpha value is -2.14. The zero-order valence-corrected chi connectivity index (χ0v) is 16.4. The summed E-state index contributed by atoms with van der Waals surface area (Å²) < 4.78 is 5.79. The maximum absolute atomic E-state index is 12.3. The number of rotatable bonds is 4. The van der Waals surface area contributed by atoms with Crippen molar-refractivity contribution in [3.05, 3.63) is 30.0 Å². The van der Waals surface area contributed by atoms with E-state index in [9.17, 15) is 4.79 Å². The van der Waals surface area contributed by atoms with Crippen LogP contribution < -0.4 is 10.2 Å². The van der Waals surface area contributed by atoms with E-state index in [0.29, 0.717) is 6.10 Å². The molecule has 2 heterocycles. The average Bonchev–Trinajstić information content (AvgIpc) is 3.01. The highest BCUT2D eigenvalue weighted by molar-refractivity contribution is 5.99. The van der Waals surface area contributed by atoms with Crippen molar-refractivity contribution in [1.82, 2.24) is 4.98 Å². The fraction of sp³-hybridized carbons (Fsp3) is 0.524. The summed E-state index contributed by atoms with van der Waals surface area (Å²) in [6.07, 6.45) is 1.35. The molecule has 2 aromatic rings. The molecule has 140 valence electrons. The lowest BCUT2D eigenvalue weighted by Gasteiger charge is -2.22. The molecule has 5 nitrogen and oxygen atoms in total. The molecule has 0 spiro atoms. The van der Waals surface area contributed by atoms with Crippen LogP contribution in [0, 0.1) is 12.3 Å². The van der Waals surface area contributed by atoms with Crippen LogP contribution >= 0.6 is 0 Å². The Kier molecular flexibility index (Phi) is 5.19. The van der Waals surface area contributed by atoms with Gasteiger partial charge in [0.1, 0.15) is 0 Å². The summed E-state index contributed by atoms with van der Waals surface area (Å²) in [4.78, 5) is 19.3. The van der Waals surface area contributed by atoms with E-state index in [1.807, 2.05) is 46.8 Å². The van der Waals surface area contributed by atoms with Crippen molar-refractivity contribution < 1.29 is 9.53 Å². The normalized spacial score (nSPS) is 17.7. The summed E-state index contributed by atoms with van der Waals surface area (Å²) in [7, 11) is 0. The zero-order valence-electron chi connectivity index (χ0n) is 16.4. The van der Waals surface area contributed by atoms with Gasteiger partial charge in [-0.15, -0.1) is 0 Å². The average molecular weight is 355 g/mol. The minimum Gasteiger partial charge on any atom is -0.377 e. The molecule has 26 heavy (non-hydrogen) atoms. The van der Waals surface area contributed by atoms with Crippen LogP contribution in [-0.2, 0) is 9.53 Å². The second kappa shape index (κ2) is 7.23. The summed E-state index contributed by atoms with van der Waals surface area (Å²) in [5.74, 6) is 0.00354. The van der Waals surface area contributed by atoms with Crippen LogP contribution in [0.25, 0.3) is 10.9 Å². The minimum absolute atomic E-state index is 0.00354. The van der Waals surface area contributed by atoms with Crippen molar-refractivity contribution in [3.63, 3.8) is 0 Å². The number of benzene rings is 1. The zero-order chi connectivity index (χ0) is 18.9. The molecule has 1 fully saturated rings. The number of aromatic nitrogens is 1. The Labute approximate surface area is 155 Å². The van der Waals surface area contributed by atoms with Gasteiger partial charge < -0.3 is 15.0 Å². The quantitative estimate of drug-likeness (QED) is 0.895. The highest BCUT2D eigenvalue weighted by Gasteiger charge is 2.25. The topological polar surface area (TPSA) is 54.5 Å². The first-order valence-electron chi connectivity index (χ1n) is 9.37. The third kappa shape index (κ3) is 3.98. The molecule has 1 atom stereocenters. The first-order valence-corrected chi connectivity index (χ1v) is 9.37. The largest absolute Gasteiger partial charge is 0.377 e. The maximum atomic E-state index is 12.3. The van der Waals surface area contributed by atoms with E-state index < -0.39 is 5.41 Å². The van der Waals surface area contributed by atoms with Crippen LogP contribution in [0.5, 0.6) is 0 Å². The van der Waals surface area contributed by atoms with Gasteiger partial charge in [0.2, 0.25) is 5.91 Å². The van der Waals surface area contributed by atoms with Crippen LogP contribution in [0.15, 0.2) is 24.3 Å². The second-order valence-corrected chi connectivity index (χ2v) is 8.03. The summed E-state index contributed by atoms with van der Waals surface area (Å²) in [5.41, 5.74) is 3.45. The van der Waals surface area contributed by atoms with Gasteiger partial charge in [0.05, 0.1) is 11.6 Å². The lowest BCUT2D eigenvalue weighted by Crippen LogP contribution is -2.27. The molecule has 1 aromatic heterocycles. The number of pyridine rings is 1. The van der Waals surface area contributed by atoms with Crippen LogP contribution in [0.1, 0.15) is 39.8 Å². The van der Waals surface area contributed by atoms with E-state index in [2.05, 4.69) is 27.3 Å². The molecule has 0 bridgehead atoms. The van der Waals surface area contributed by atoms with Crippen molar-refractivity contribution >= 4 is 28.2 Å². The molecule has 0 radical (unpaired) electrons. The third-order valence-corrected chi connectivity index (χ3v) is 4.74. The summed E-state index contributed by atoms with van der Waals surface area (Å²) >= 11 is 0. The Bertz CT molecular complexity index is 811. The van der Waals surface area contributed by atoms with Crippen molar-refractivity contribution in [3.8, 4) is 0 Å². The van der Waals surface area contributed by atoms with Crippen molar-refractivity contribution in [2.75, 3.05) is 29.9 Å². The van der Waals surface area contributed by atoms with Gasteiger partial charge in [-0.2, -0.15) is 0 Å². The molecule has 0 saturated carbocycles. The summed E-state index contributed by atoms with van der Waals surface area (Å²) in [6, 6.07) is 8.13. The number of carbonyl (C=O) groups excluding carboxylic acids is 1.